The number of aromatic amines is 1. The smallest absolute Gasteiger partial charge is 0.225 e. The van der Waals surface area contributed by atoms with Crippen molar-refractivity contribution >= 4 is 34.4 Å². The summed E-state index contributed by atoms with van der Waals surface area (Å²) >= 11 is 6.29. The number of benzene rings is 2. The van der Waals surface area contributed by atoms with Crippen LogP contribution in [0.25, 0.3) is 11.0 Å². The van der Waals surface area contributed by atoms with Crippen LogP contribution in [0.5, 0.6) is 17.2 Å². The molecule has 2 aromatic carbocycles. The van der Waals surface area contributed by atoms with Crippen molar-refractivity contribution in [3.05, 3.63) is 70.6 Å². The molecule has 32 heavy (non-hydrogen) atoms. The van der Waals surface area contributed by atoms with Crippen molar-refractivity contribution in [2.75, 3.05) is 5.32 Å². The van der Waals surface area contributed by atoms with Crippen LogP contribution in [-0.4, -0.2) is 20.9 Å². The summed E-state index contributed by atoms with van der Waals surface area (Å²) in [6.45, 7) is 2.11. The maximum absolute atomic E-state index is 11.7. The first kappa shape index (κ1) is 19.1. The summed E-state index contributed by atoms with van der Waals surface area (Å²) in [4.78, 5) is 23.9. The highest BCUT2D eigenvalue weighted by Crippen LogP contribution is 2.47. The molecule has 2 N–H and O–H groups in total. The van der Waals surface area contributed by atoms with Crippen LogP contribution in [0.1, 0.15) is 42.3 Å². The minimum Gasteiger partial charge on any atom is -0.482 e. The van der Waals surface area contributed by atoms with Gasteiger partial charge >= 0.3 is 0 Å². The number of rotatable bonds is 3. The van der Waals surface area contributed by atoms with E-state index in [1.54, 1.807) is 6.20 Å². The molecule has 160 valence electrons. The molecule has 0 aliphatic carbocycles. The molecular formula is C24H19ClN4O3. The number of pyridine rings is 1. The maximum Gasteiger partial charge on any atom is 0.225 e. The first-order chi connectivity index (χ1) is 15.6. The number of hydrogen-bond acceptors (Lipinski definition) is 5. The van der Waals surface area contributed by atoms with E-state index in [9.17, 15) is 4.79 Å². The SMILES string of the molecule is CC1c2cc(Oc3ccnc4c3CCC(=O)N4)ccc2OC1c1nc2c(Cl)cccc2[nH]1. The van der Waals surface area contributed by atoms with Gasteiger partial charge in [-0.15, -0.1) is 0 Å². The van der Waals surface area contributed by atoms with Crippen LogP contribution in [0.15, 0.2) is 48.7 Å². The molecule has 2 aliphatic rings. The molecule has 7 nitrogen and oxygen atoms in total. The zero-order chi connectivity index (χ0) is 21.8. The summed E-state index contributed by atoms with van der Waals surface area (Å²) in [6.07, 6.45) is 2.42. The van der Waals surface area contributed by atoms with E-state index in [0.29, 0.717) is 35.2 Å². The van der Waals surface area contributed by atoms with Gasteiger partial charge in [0.2, 0.25) is 5.91 Å². The van der Waals surface area contributed by atoms with Crippen molar-refractivity contribution < 1.29 is 14.3 Å². The molecule has 4 aromatic rings. The minimum atomic E-state index is -0.243. The standard InChI is InChI=1S/C24H19ClN4O3/c1-12-15-11-13(31-19-9-10-26-23-14(19)6-8-20(30)28-23)5-7-18(15)32-22(12)24-27-17-4-2-3-16(25)21(17)29-24/h2-5,7,9-12,22H,6,8H2,1H3,(H,27,29)(H,26,28,30). The summed E-state index contributed by atoms with van der Waals surface area (Å²) in [5.74, 6) is 3.58. The molecular weight excluding hydrogens is 428 g/mol. The largest absolute Gasteiger partial charge is 0.482 e. The van der Waals surface area contributed by atoms with Gasteiger partial charge in [-0.25, -0.2) is 9.97 Å². The highest BCUT2D eigenvalue weighted by atomic mass is 35.5. The monoisotopic (exact) mass is 446 g/mol. The Morgan fingerprint density at radius 1 is 1.19 bits per heavy atom. The van der Waals surface area contributed by atoms with Gasteiger partial charge < -0.3 is 19.8 Å². The first-order valence-electron chi connectivity index (χ1n) is 10.5. The van der Waals surface area contributed by atoms with Crippen LogP contribution in [0, 0.1) is 0 Å². The Labute approximate surface area is 188 Å². The van der Waals surface area contributed by atoms with E-state index in [4.69, 9.17) is 21.1 Å². The molecule has 0 bridgehead atoms. The lowest BCUT2D eigenvalue weighted by Crippen LogP contribution is -2.20. The van der Waals surface area contributed by atoms with Gasteiger partial charge in [-0.1, -0.05) is 24.6 Å². The third-order valence-corrected chi connectivity index (χ3v) is 6.34. The zero-order valence-corrected chi connectivity index (χ0v) is 17.9. The third kappa shape index (κ3) is 3.08. The number of imidazole rings is 1. The lowest BCUT2D eigenvalue weighted by atomic mass is 9.97. The van der Waals surface area contributed by atoms with Crippen LogP contribution in [-0.2, 0) is 11.2 Å². The van der Waals surface area contributed by atoms with E-state index >= 15 is 0 Å². The molecule has 0 fully saturated rings. The summed E-state index contributed by atoms with van der Waals surface area (Å²) in [6, 6.07) is 13.3. The fourth-order valence-electron chi connectivity index (χ4n) is 4.38. The molecule has 2 aliphatic heterocycles. The Morgan fingerprint density at radius 2 is 2.09 bits per heavy atom. The van der Waals surface area contributed by atoms with E-state index < -0.39 is 0 Å². The molecule has 0 spiro atoms. The second-order valence-electron chi connectivity index (χ2n) is 8.07. The molecule has 1 amide bonds. The van der Waals surface area contributed by atoms with Gasteiger partial charge in [0.1, 0.15) is 34.4 Å². The lowest BCUT2D eigenvalue weighted by molar-refractivity contribution is -0.116. The second kappa shape index (κ2) is 7.24. The number of carbonyl (C=O) groups excluding carboxylic acids is 1. The average molecular weight is 447 g/mol. The van der Waals surface area contributed by atoms with Crippen molar-refractivity contribution in [2.45, 2.75) is 31.8 Å². The Kier molecular flexibility index (Phi) is 4.33. The summed E-state index contributed by atoms with van der Waals surface area (Å²) in [5.41, 5.74) is 3.59. The normalized spacial score (nSPS) is 19.2. The second-order valence-corrected chi connectivity index (χ2v) is 8.48. The predicted octanol–water partition coefficient (Wildman–Crippen LogP) is 5.53. The predicted molar refractivity (Wildman–Crippen MR) is 121 cm³/mol. The van der Waals surface area contributed by atoms with Gasteiger partial charge in [0.15, 0.2) is 6.10 Å². The fourth-order valence-corrected chi connectivity index (χ4v) is 4.60. The molecule has 0 saturated carbocycles. The first-order valence-corrected chi connectivity index (χ1v) is 10.8. The molecule has 2 aromatic heterocycles. The molecule has 2 unspecified atom stereocenters. The van der Waals surface area contributed by atoms with E-state index in [1.165, 1.54) is 0 Å². The van der Waals surface area contributed by atoms with Gasteiger partial charge in [0.05, 0.1) is 10.5 Å². The topological polar surface area (TPSA) is 89.1 Å². The molecule has 4 heterocycles. The number of hydrogen-bond donors (Lipinski definition) is 2. The number of nitrogens with zero attached hydrogens (tertiary/aromatic N) is 2. The van der Waals surface area contributed by atoms with Crippen molar-refractivity contribution in [3.8, 4) is 17.2 Å². The Hall–Kier alpha value is -3.58. The van der Waals surface area contributed by atoms with Gasteiger partial charge in [-0.05, 0) is 42.8 Å². The fraction of sp³-hybridized carbons (Fsp3) is 0.208. The van der Waals surface area contributed by atoms with Crippen LogP contribution < -0.4 is 14.8 Å². The zero-order valence-electron chi connectivity index (χ0n) is 17.2. The Morgan fingerprint density at radius 3 is 2.97 bits per heavy atom. The Balaban J connectivity index is 1.29. The highest BCUT2D eigenvalue weighted by molar-refractivity contribution is 6.34. The molecule has 6 rings (SSSR count). The lowest BCUT2D eigenvalue weighted by Gasteiger charge is -2.19. The number of aromatic nitrogens is 3. The molecule has 0 radical (unpaired) electrons. The van der Waals surface area contributed by atoms with Crippen LogP contribution >= 0.6 is 11.6 Å². The highest BCUT2D eigenvalue weighted by Gasteiger charge is 2.35. The van der Waals surface area contributed by atoms with Crippen LogP contribution in [0.3, 0.4) is 0 Å². The van der Waals surface area contributed by atoms with Crippen molar-refractivity contribution in [1.82, 2.24) is 15.0 Å². The van der Waals surface area contributed by atoms with E-state index in [1.807, 2.05) is 42.5 Å². The molecule has 0 saturated heterocycles. The number of H-pyrrole nitrogens is 1. The van der Waals surface area contributed by atoms with Crippen LogP contribution in [0.2, 0.25) is 5.02 Å². The van der Waals surface area contributed by atoms with E-state index in [2.05, 4.69) is 27.2 Å². The number of halogens is 1. The van der Waals surface area contributed by atoms with Crippen LogP contribution in [0.4, 0.5) is 5.82 Å². The third-order valence-electron chi connectivity index (χ3n) is 6.03. The van der Waals surface area contributed by atoms with E-state index in [0.717, 1.165) is 33.7 Å². The summed E-state index contributed by atoms with van der Waals surface area (Å²) < 4.78 is 12.4. The molecule has 2 atom stereocenters. The number of amides is 1. The van der Waals surface area contributed by atoms with E-state index in [-0.39, 0.29) is 17.9 Å². The number of anilines is 1. The van der Waals surface area contributed by atoms with Gasteiger partial charge in [-0.2, -0.15) is 0 Å². The van der Waals surface area contributed by atoms with Crippen molar-refractivity contribution in [3.63, 3.8) is 0 Å². The Bertz CT molecular complexity index is 1380. The maximum atomic E-state index is 11.7. The van der Waals surface area contributed by atoms with Gasteiger partial charge in [-0.3, -0.25) is 4.79 Å². The minimum absolute atomic E-state index is 0.0245. The average Bonchev–Trinajstić information content (AvgIpc) is 3.36. The number of fused-ring (bicyclic) bond motifs is 3. The number of carbonyl (C=O) groups is 1. The summed E-state index contributed by atoms with van der Waals surface area (Å²) in [5, 5.41) is 3.42. The molecule has 8 heteroatoms. The number of para-hydroxylation sites is 1. The number of ether oxygens (including phenoxy) is 2. The summed E-state index contributed by atoms with van der Waals surface area (Å²) in [7, 11) is 0. The van der Waals surface area contributed by atoms with Gasteiger partial charge in [0.25, 0.3) is 0 Å². The quantitative estimate of drug-likeness (QED) is 0.432. The van der Waals surface area contributed by atoms with Gasteiger partial charge in [0, 0.05) is 29.7 Å². The van der Waals surface area contributed by atoms with Crippen molar-refractivity contribution in [2.24, 2.45) is 0 Å². The number of nitrogens with one attached hydrogen (secondary N) is 2. The van der Waals surface area contributed by atoms with Crippen molar-refractivity contribution in [1.29, 1.82) is 0 Å².